The summed E-state index contributed by atoms with van der Waals surface area (Å²) in [4.78, 5) is 0. The summed E-state index contributed by atoms with van der Waals surface area (Å²) >= 11 is 0. The van der Waals surface area contributed by atoms with Gasteiger partial charge in [-0.3, -0.25) is 0 Å². The van der Waals surface area contributed by atoms with Crippen LogP contribution in [0.3, 0.4) is 0 Å². The molecule has 1 aromatic carbocycles. The van der Waals surface area contributed by atoms with E-state index in [1.807, 2.05) is 12.1 Å². The lowest BCUT2D eigenvalue weighted by Gasteiger charge is -2.41. The van der Waals surface area contributed by atoms with Gasteiger partial charge in [-0.2, -0.15) is 0 Å². The highest BCUT2D eigenvalue weighted by atomic mass is 16.5. The Balaban J connectivity index is 1.64. The molecule has 1 saturated carbocycles. The van der Waals surface area contributed by atoms with Crippen LogP contribution in [-0.2, 0) is 4.74 Å². The lowest BCUT2D eigenvalue weighted by atomic mass is 9.96. The quantitative estimate of drug-likeness (QED) is 0.800. The third-order valence-electron chi connectivity index (χ3n) is 4.06. The lowest BCUT2D eigenvalue weighted by molar-refractivity contribution is -0.0906. The van der Waals surface area contributed by atoms with E-state index in [0.29, 0.717) is 12.1 Å². The van der Waals surface area contributed by atoms with E-state index in [0.717, 1.165) is 24.8 Å². The smallest absolute Gasteiger partial charge is 0.125 e. The van der Waals surface area contributed by atoms with E-state index < -0.39 is 0 Å². The van der Waals surface area contributed by atoms with Crippen molar-refractivity contribution in [1.82, 2.24) is 5.32 Å². The lowest BCUT2D eigenvalue weighted by Crippen LogP contribution is -2.53. The predicted octanol–water partition coefficient (Wildman–Crippen LogP) is 1.89. The largest absolute Gasteiger partial charge is 0.491 e. The molecule has 90 valence electrons. The Bertz CT molecular complexity index is 430. The summed E-state index contributed by atoms with van der Waals surface area (Å²) in [7, 11) is 0. The van der Waals surface area contributed by atoms with Crippen LogP contribution in [0.2, 0.25) is 0 Å². The Morgan fingerprint density at radius 2 is 2.06 bits per heavy atom. The molecule has 3 heteroatoms. The first-order valence-corrected chi connectivity index (χ1v) is 6.52. The third kappa shape index (κ3) is 1.65. The Morgan fingerprint density at radius 3 is 2.94 bits per heavy atom. The number of ether oxygens (including phenoxy) is 2. The van der Waals surface area contributed by atoms with Crippen molar-refractivity contribution in [3.05, 3.63) is 29.8 Å². The van der Waals surface area contributed by atoms with Crippen molar-refractivity contribution in [1.29, 1.82) is 0 Å². The van der Waals surface area contributed by atoms with Gasteiger partial charge in [0.2, 0.25) is 0 Å². The summed E-state index contributed by atoms with van der Waals surface area (Å²) in [5, 5.41) is 3.58. The Morgan fingerprint density at radius 1 is 1.18 bits per heavy atom. The van der Waals surface area contributed by atoms with Gasteiger partial charge in [-0.05, 0) is 24.8 Å². The van der Waals surface area contributed by atoms with Gasteiger partial charge in [0, 0.05) is 12.1 Å². The minimum atomic E-state index is 0.180. The van der Waals surface area contributed by atoms with Crippen LogP contribution in [0.1, 0.15) is 24.5 Å². The average molecular weight is 231 g/mol. The van der Waals surface area contributed by atoms with Gasteiger partial charge < -0.3 is 14.8 Å². The molecule has 2 aliphatic heterocycles. The highest BCUT2D eigenvalue weighted by molar-refractivity contribution is 5.38. The van der Waals surface area contributed by atoms with Gasteiger partial charge in [-0.15, -0.1) is 0 Å². The van der Waals surface area contributed by atoms with E-state index >= 15 is 0 Å². The number of morpholine rings is 1. The molecule has 3 atom stereocenters. The fourth-order valence-electron chi connectivity index (χ4n) is 2.91. The number of rotatable bonds is 1. The minimum absolute atomic E-state index is 0.180. The zero-order chi connectivity index (χ0) is 11.2. The van der Waals surface area contributed by atoms with Crippen molar-refractivity contribution >= 4 is 0 Å². The normalized spacial score (nSPS) is 35.6. The van der Waals surface area contributed by atoms with E-state index in [2.05, 4.69) is 17.4 Å². The number of benzene rings is 1. The monoisotopic (exact) mass is 231 g/mol. The van der Waals surface area contributed by atoms with Crippen molar-refractivity contribution in [2.75, 3.05) is 13.2 Å². The van der Waals surface area contributed by atoms with E-state index in [4.69, 9.17) is 9.47 Å². The maximum absolute atomic E-state index is 6.30. The first-order chi connectivity index (χ1) is 8.42. The maximum atomic E-state index is 6.30. The van der Waals surface area contributed by atoms with Gasteiger partial charge in [-0.1, -0.05) is 18.2 Å². The highest BCUT2D eigenvalue weighted by Crippen LogP contribution is 2.42. The first-order valence-electron chi connectivity index (χ1n) is 6.52. The van der Waals surface area contributed by atoms with Crippen LogP contribution in [0, 0.1) is 5.92 Å². The van der Waals surface area contributed by atoms with Crippen LogP contribution in [0.25, 0.3) is 0 Å². The molecule has 4 rings (SSSR count). The summed E-state index contributed by atoms with van der Waals surface area (Å²) in [5.41, 5.74) is 1.21. The van der Waals surface area contributed by atoms with Crippen molar-refractivity contribution in [2.45, 2.75) is 31.1 Å². The van der Waals surface area contributed by atoms with E-state index in [1.165, 1.54) is 18.4 Å². The second-order valence-electron chi connectivity index (χ2n) is 5.30. The molecule has 1 aromatic rings. The van der Waals surface area contributed by atoms with Crippen LogP contribution < -0.4 is 10.1 Å². The van der Waals surface area contributed by atoms with E-state index in [1.54, 1.807) is 0 Å². The molecule has 1 saturated heterocycles. The number of para-hydroxylation sites is 1. The molecule has 3 unspecified atom stereocenters. The van der Waals surface area contributed by atoms with E-state index in [9.17, 15) is 0 Å². The molecule has 17 heavy (non-hydrogen) atoms. The van der Waals surface area contributed by atoms with Gasteiger partial charge in [0.15, 0.2) is 0 Å². The van der Waals surface area contributed by atoms with Gasteiger partial charge in [0.1, 0.15) is 18.5 Å². The van der Waals surface area contributed by atoms with Crippen LogP contribution in [-0.4, -0.2) is 25.3 Å². The fraction of sp³-hybridized carbons (Fsp3) is 0.571. The maximum Gasteiger partial charge on any atom is 0.125 e. The number of fused-ring (bicyclic) bond motifs is 3. The third-order valence-corrected chi connectivity index (χ3v) is 4.06. The van der Waals surface area contributed by atoms with Crippen LogP contribution >= 0.6 is 0 Å². The molecule has 3 aliphatic rings. The Labute approximate surface area is 101 Å². The highest BCUT2D eigenvalue weighted by Gasteiger charge is 2.42. The summed E-state index contributed by atoms with van der Waals surface area (Å²) in [6.07, 6.45) is 3.26. The summed E-state index contributed by atoms with van der Waals surface area (Å²) < 4.78 is 12.1. The van der Waals surface area contributed by atoms with Gasteiger partial charge in [0.05, 0.1) is 12.1 Å². The van der Waals surface area contributed by atoms with Gasteiger partial charge in [0.25, 0.3) is 0 Å². The SMILES string of the molecule is c1ccc2c(c1)OCC1NCC(C3CC3)OC21. The van der Waals surface area contributed by atoms with Gasteiger partial charge >= 0.3 is 0 Å². The molecule has 0 aromatic heterocycles. The predicted molar refractivity (Wildman–Crippen MR) is 64.1 cm³/mol. The molecule has 1 aliphatic carbocycles. The van der Waals surface area contributed by atoms with Crippen molar-refractivity contribution in [3.63, 3.8) is 0 Å². The zero-order valence-corrected chi connectivity index (χ0v) is 9.76. The number of hydrogen-bond acceptors (Lipinski definition) is 3. The van der Waals surface area contributed by atoms with Crippen LogP contribution in [0.4, 0.5) is 0 Å². The molecule has 0 bridgehead atoms. The summed E-state index contributed by atoms with van der Waals surface area (Å²) in [5.74, 6) is 1.78. The second kappa shape index (κ2) is 3.72. The molecule has 0 spiro atoms. The second-order valence-corrected chi connectivity index (χ2v) is 5.30. The number of hydrogen-bond donors (Lipinski definition) is 1. The molecule has 2 heterocycles. The van der Waals surface area contributed by atoms with Crippen molar-refractivity contribution < 1.29 is 9.47 Å². The summed E-state index contributed by atoms with van der Waals surface area (Å²) in [6, 6.07) is 8.57. The fourth-order valence-corrected chi connectivity index (χ4v) is 2.91. The molecule has 3 nitrogen and oxygen atoms in total. The van der Waals surface area contributed by atoms with Crippen LogP contribution in [0.5, 0.6) is 5.75 Å². The number of nitrogens with one attached hydrogen (secondary N) is 1. The summed E-state index contributed by atoms with van der Waals surface area (Å²) in [6.45, 7) is 1.70. The first kappa shape index (κ1) is 9.92. The zero-order valence-electron chi connectivity index (χ0n) is 9.76. The average Bonchev–Trinajstić information content (AvgIpc) is 3.22. The molecule has 1 N–H and O–H groups in total. The minimum Gasteiger partial charge on any atom is -0.491 e. The van der Waals surface area contributed by atoms with Gasteiger partial charge in [-0.25, -0.2) is 0 Å². The standard InChI is InChI=1S/C14H17NO2/c1-2-4-12-10(3-1)14-11(8-16-12)15-7-13(17-14)9-5-6-9/h1-4,9,11,13-15H,5-8H2. The van der Waals surface area contributed by atoms with E-state index in [-0.39, 0.29) is 6.10 Å². The molecule has 2 fully saturated rings. The Hall–Kier alpha value is -1.06. The Kier molecular flexibility index (Phi) is 2.17. The van der Waals surface area contributed by atoms with Crippen LogP contribution in [0.15, 0.2) is 24.3 Å². The topological polar surface area (TPSA) is 30.5 Å². The molecular formula is C14H17NO2. The molecular weight excluding hydrogens is 214 g/mol. The van der Waals surface area contributed by atoms with Crippen molar-refractivity contribution in [3.8, 4) is 5.75 Å². The molecule has 0 radical (unpaired) electrons. The van der Waals surface area contributed by atoms with Crippen molar-refractivity contribution in [2.24, 2.45) is 5.92 Å². The molecule has 0 amide bonds.